The lowest BCUT2D eigenvalue weighted by atomic mass is 10.1. The molecule has 0 radical (unpaired) electrons. The van der Waals surface area contributed by atoms with Crippen LogP contribution in [0.4, 0.5) is 0 Å². The molecular weight excluding hydrogens is 232 g/mol. The van der Waals surface area contributed by atoms with Gasteiger partial charge in [0.1, 0.15) is 0 Å². The van der Waals surface area contributed by atoms with Gasteiger partial charge >= 0.3 is 5.97 Å². The lowest BCUT2D eigenvalue weighted by Crippen LogP contribution is -2.08. The van der Waals surface area contributed by atoms with E-state index in [0.717, 1.165) is 12.0 Å². The quantitative estimate of drug-likeness (QED) is 0.603. The van der Waals surface area contributed by atoms with E-state index in [0.29, 0.717) is 18.9 Å². The van der Waals surface area contributed by atoms with Crippen LogP contribution in [0.3, 0.4) is 0 Å². The van der Waals surface area contributed by atoms with Crippen LogP contribution in [0.15, 0.2) is 18.2 Å². The summed E-state index contributed by atoms with van der Waals surface area (Å²) in [6.45, 7) is 4.61. The summed E-state index contributed by atoms with van der Waals surface area (Å²) in [5.74, 6) is -0.0333. The van der Waals surface area contributed by atoms with Gasteiger partial charge in [0.15, 0.2) is 11.5 Å². The molecule has 0 aliphatic rings. The van der Waals surface area contributed by atoms with Gasteiger partial charge in [-0.25, -0.2) is 0 Å². The van der Waals surface area contributed by atoms with Crippen molar-refractivity contribution >= 4 is 5.97 Å². The van der Waals surface area contributed by atoms with Gasteiger partial charge in [-0.05, 0) is 36.5 Å². The molecule has 0 bridgehead atoms. The van der Waals surface area contributed by atoms with Gasteiger partial charge in [-0.1, -0.05) is 19.9 Å². The Morgan fingerprint density at radius 1 is 1.28 bits per heavy atom. The molecule has 1 aromatic carbocycles. The number of carbonyl (C=O) groups excluding carboxylic acids is 1. The Labute approximate surface area is 107 Å². The highest BCUT2D eigenvalue weighted by molar-refractivity contribution is 5.69. The maximum absolute atomic E-state index is 11.4. The molecule has 0 unspecified atom stereocenters. The predicted octanol–water partition coefficient (Wildman–Crippen LogP) is 2.62. The molecule has 0 aliphatic heterocycles. The first-order valence-electron chi connectivity index (χ1n) is 6.15. The predicted molar refractivity (Wildman–Crippen MR) is 68.5 cm³/mol. The molecule has 100 valence electrons. The zero-order chi connectivity index (χ0) is 13.5. The van der Waals surface area contributed by atoms with Crippen LogP contribution in [-0.4, -0.2) is 22.8 Å². The Bertz CT molecular complexity index is 399. The smallest absolute Gasteiger partial charge is 0.306 e. The Balaban J connectivity index is 2.31. The maximum atomic E-state index is 11.4. The second kappa shape index (κ2) is 6.89. The number of esters is 1. The number of carbonyl (C=O) groups is 1. The molecule has 0 amide bonds. The third-order valence-electron chi connectivity index (χ3n) is 2.62. The monoisotopic (exact) mass is 252 g/mol. The standard InChI is InChI=1S/C14H20O4/c1-10(2)7-8-18-14(17)6-4-11-3-5-12(15)13(16)9-11/h3,5,9-10,15-16H,4,6-8H2,1-2H3. The highest BCUT2D eigenvalue weighted by Crippen LogP contribution is 2.25. The molecule has 0 aromatic heterocycles. The molecule has 0 atom stereocenters. The summed E-state index contributed by atoms with van der Waals surface area (Å²) in [5, 5.41) is 18.4. The summed E-state index contributed by atoms with van der Waals surface area (Å²) in [7, 11) is 0. The van der Waals surface area contributed by atoms with Crippen LogP contribution in [0.25, 0.3) is 0 Å². The van der Waals surface area contributed by atoms with Crippen molar-refractivity contribution in [3.63, 3.8) is 0 Å². The third kappa shape index (κ3) is 5.08. The Hall–Kier alpha value is -1.71. The van der Waals surface area contributed by atoms with Gasteiger partial charge in [0, 0.05) is 6.42 Å². The number of ether oxygens (including phenoxy) is 1. The van der Waals surface area contributed by atoms with Crippen molar-refractivity contribution in [1.29, 1.82) is 0 Å². The van der Waals surface area contributed by atoms with Crippen LogP contribution in [0.1, 0.15) is 32.3 Å². The fourth-order valence-electron chi connectivity index (χ4n) is 1.45. The lowest BCUT2D eigenvalue weighted by molar-refractivity contribution is -0.143. The minimum absolute atomic E-state index is 0.154. The topological polar surface area (TPSA) is 66.8 Å². The van der Waals surface area contributed by atoms with Gasteiger partial charge in [-0.3, -0.25) is 4.79 Å². The van der Waals surface area contributed by atoms with Crippen LogP contribution in [0.2, 0.25) is 0 Å². The van der Waals surface area contributed by atoms with E-state index in [1.807, 2.05) is 0 Å². The molecular formula is C14H20O4. The summed E-state index contributed by atoms with van der Waals surface area (Å²) < 4.78 is 5.08. The molecule has 4 nitrogen and oxygen atoms in total. The molecule has 0 fully saturated rings. The first-order chi connectivity index (χ1) is 8.49. The molecule has 0 saturated heterocycles. The fourth-order valence-corrected chi connectivity index (χ4v) is 1.45. The molecule has 1 rings (SSSR count). The minimum atomic E-state index is -0.233. The number of aromatic hydroxyl groups is 2. The van der Waals surface area contributed by atoms with E-state index in [1.54, 1.807) is 6.07 Å². The average molecular weight is 252 g/mol. The zero-order valence-electron chi connectivity index (χ0n) is 10.8. The second-order valence-electron chi connectivity index (χ2n) is 4.73. The number of phenols is 2. The summed E-state index contributed by atoms with van der Waals surface area (Å²) in [6, 6.07) is 4.54. The van der Waals surface area contributed by atoms with Crippen LogP contribution in [0, 0.1) is 5.92 Å². The SMILES string of the molecule is CC(C)CCOC(=O)CCc1ccc(O)c(O)c1. The lowest BCUT2D eigenvalue weighted by Gasteiger charge is -2.07. The first-order valence-corrected chi connectivity index (χ1v) is 6.15. The summed E-state index contributed by atoms with van der Waals surface area (Å²) in [6.07, 6.45) is 1.64. The highest BCUT2D eigenvalue weighted by Gasteiger charge is 2.06. The fraction of sp³-hybridized carbons (Fsp3) is 0.500. The van der Waals surface area contributed by atoms with E-state index in [4.69, 9.17) is 9.84 Å². The van der Waals surface area contributed by atoms with Crippen molar-refractivity contribution in [2.75, 3.05) is 6.61 Å². The van der Waals surface area contributed by atoms with Crippen LogP contribution < -0.4 is 0 Å². The number of aryl methyl sites for hydroxylation is 1. The van der Waals surface area contributed by atoms with E-state index in [2.05, 4.69) is 13.8 Å². The molecule has 0 aliphatic carbocycles. The van der Waals surface area contributed by atoms with Gasteiger partial charge in [-0.2, -0.15) is 0 Å². The van der Waals surface area contributed by atoms with Crippen LogP contribution in [0.5, 0.6) is 11.5 Å². The van der Waals surface area contributed by atoms with Gasteiger partial charge in [0.2, 0.25) is 0 Å². The number of hydrogen-bond acceptors (Lipinski definition) is 4. The first kappa shape index (κ1) is 14.4. The van der Waals surface area contributed by atoms with E-state index >= 15 is 0 Å². The largest absolute Gasteiger partial charge is 0.504 e. The Kier molecular flexibility index (Phi) is 5.49. The average Bonchev–Trinajstić information content (AvgIpc) is 2.30. The van der Waals surface area contributed by atoms with E-state index in [-0.39, 0.29) is 23.9 Å². The molecule has 4 heteroatoms. The Morgan fingerprint density at radius 2 is 2.00 bits per heavy atom. The van der Waals surface area contributed by atoms with Crippen LogP contribution in [-0.2, 0) is 16.0 Å². The van der Waals surface area contributed by atoms with Gasteiger partial charge in [0.05, 0.1) is 6.61 Å². The van der Waals surface area contributed by atoms with Crippen molar-refractivity contribution in [2.45, 2.75) is 33.1 Å². The van der Waals surface area contributed by atoms with Gasteiger partial charge in [-0.15, -0.1) is 0 Å². The normalized spacial score (nSPS) is 10.6. The third-order valence-corrected chi connectivity index (χ3v) is 2.62. The summed E-state index contributed by atoms with van der Waals surface area (Å²) in [4.78, 5) is 11.4. The van der Waals surface area contributed by atoms with Crippen molar-refractivity contribution in [3.05, 3.63) is 23.8 Å². The van der Waals surface area contributed by atoms with Crippen molar-refractivity contribution < 1.29 is 19.7 Å². The number of benzene rings is 1. The summed E-state index contributed by atoms with van der Waals surface area (Å²) >= 11 is 0. The molecule has 2 N–H and O–H groups in total. The van der Waals surface area contributed by atoms with Crippen molar-refractivity contribution in [2.24, 2.45) is 5.92 Å². The van der Waals surface area contributed by atoms with E-state index < -0.39 is 0 Å². The second-order valence-corrected chi connectivity index (χ2v) is 4.73. The van der Waals surface area contributed by atoms with Gasteiger partial charge < -0.3 is 14.9 Å². The molecule has 1 aromatic rings. The van der Waals surface area contributed by atoms with E-state index in [1.165, 1.54) is 12.1 Å². The molecule has 0 heterocycles. The maximum Gasteiger partial charge on any atom is 0.306 e. The van der Waals surface area contributed by atoms with Crippen molar-refractivity contribution in [1.82, 2.24) is 0 Å². The van der Waals surface area contributed by atoms with Gasteiger partial charge in [0.25, 0.3) is 0 Å². The zero-order valence-corrected chi connectivity index (χ0v) is 10.8. The van der Waals surface area contributed by atoms with Crippen molar-refractivity contribution in [3.8, 4) is 11.5 Å². The molecule has 18 heavy (non-hydrogen) atoms. The van der Waals surface area contributed by atoms with E-state index in [9.17, 15) is 9.90 Å². The number of phenolic OH excluding ortho intramolecular Hbond substituents is 2. The number of hydrogen-bond donors (Lipinski definition) is 2. The molecule has 0 saturated carbocycles. The minimum Gasteiger partial charge on any atom is -0.504 e. The number of rotatable bonds is 6. The Morgan fingerprint density at radius 3 is 2.61 bits per heavy atom. The summed E-state index contributed by atoms with van der Waals surface area (Å²) in [5.41, 5.74) is 0.797. The molecule has 0 spiro atoms. The highest BCUT2D eigenvalue weighted by atomic mass is 16.5. The van der Waals surface area contributed by atoms with Crippen LogP contribution >= 0.6 is 0 Å².